The highest BCUT2D eigenvalue weighted by Gasteiger charge is 2.20. The van der Waals surface area contributed by atoms with Gasteiger partial charge in [0.05, 0.1) is 0 Å². The average Bonchev–Trinajstić information content (AvgIpc) is 2.92. The highest BCUT2D eigenvalue weighted by atomic mass is 16.2. The van der Waals surface area contributed by atoms with E-state index in [-0.39, 0.29) is 11.8 Å². The molecule has 0 aliphatic carbocycles. The van der Waals surface area contributed by atoms with Crippen molar-refractivity contribution in [3.05, 3.63) is 114 Å². The molecule has 1 aliphatic heterocycles. The molecule has 0 radical (unpaired) electrons. The zero-order valence-corrected chi connectivity index (χ0v) is 19.4. The Morgan fingerprint density at radius 3 is 2.14 bits per heavy atom. The molecule has 0 bridgehead atoms. The number of carbonyl (C=O) groups excluding carboxylic acids is 2. The summed E-state index contributed by atoms with van der Waals surface area (Å²) in [5.74, 6) is -0.0839. The van der Waals surface area contributed by atoms with E-state index in [0.29, 0.717) is 18.7 Å². The van der Waals surface area contributed by atoms with E-state index < -0.39 is 0 Å². The fourth-order valence-corrected chi connectivity index (χ4v) is 4.31. The summed E-state index contributed by atoms with van der Waals surface area (Å²) >= 11 is 0. The van der Waals surface area contributed by atoms with Crippen LogP contribution in [0.4, 0.5) is 11.4 Å². The van der Waals surface area contributed by atoms with Gasteiger partial charge >= 0.3 is 0 Å². The standard InChI is InChI=1S/C30H27N3O2/c34-29(17-10-23-6-2-1-3-7-23)33-20-18-32(19-21-33)28-15-13-27(14-16-28)31-30(35)26-12-11-24-8-4-5-9-25(24)22-26/h1-17,22H,18-21H2,(H,31,35)/b17-10+. The average molecular weight is 462 g/mol. The molecule has 0 atom stereocenters. The second kappa shape index (κ2) is 10.3. The van der Waals surface area contributed by atoms with Crippen LogP contribution in [0.1, 0.15) is 15.9 Å². The van der Waals surface area contributed by atoms with Crippen molar-refractivity contribution >= 4 is 40.0 Å². The van der Waals surface area contributed by atoms with Gasteiger partial charge in [0.15, 0.2) is 0 Å². The van der Waals surface area contributed by atoms with Gasteiger partial charge in [0.25, 0.3) is 5.91 Å². The number of nitrogens with zero attached hydrogens (tertiary/aromatic N) is 2. The number of amides is 2. The van der Waals surface area contributed by atoms with Crippen LogP contribution < -0.4 is 10.2 Å². The van der Waals surface area contributed by atoms with Crippen molar-refractivity contribution in [2.45, 2.75) is 0 Å². The monoisotopic (exact) mass is 461 g/mol. The fraction of sp³-hybridized carbons (Fsp3) is 0.133. The van der Waals surface area contributed by atoms with Crippen LogP contribution in [-0.4, -0.2) is 42.9 Å². The summed E-state index contributed by atoms with van der Waals surface area (Å²) < 4.78 is 0. The Balaban J connectivity index is 1.15. The van der Waals surface area contributed by atoms with Crippen molar-refractivity contribution < 1.29 is 9.59 Å². The summed E-state index contributed by atoms with van der Waals surface area (Å²) in [6.45, 7) is 2.90. The molecule has 5 heteroatoms. The van der Waals surface area contributed by atoms with Gasteiger partial charge in [-0.25, -0.2) is 0 Å². The van der Waals surface area contributed by atoms with E-state index in [1.54, 1.807) is 6.08 Å². The topological polar surface area (TPSA) is 52.7 Å². The first-order chi connectivity index (χ1) is 17.2. The van der Waals surface area contributed by atoms with Crippen molar-refractivity contribution in [2.75, 3.05) is 36.4 Å². The van der Waals surface area contributed by atoms with Crippen LogP contribution in [-0.2, 0) is 4.79 Å². The van der Waals surface area contributed by atoms with Gasteiger partial charge < -0.3 is 15.1 Å². The molecule has 1 fully saturated rings. The van der Waals surface area contributed by atoms with Crippen LogP contribution in [0.3, 0.4) is 0 Å². The molecule has 174 valence electrons. The molecule has 2 amide bonds. The minimum Gasteiger partial charge on any atom is -0.368 e. The molecule has 1 heterocycles. The number of rotatable bonds is 5. The maximum atomic E-state index is 12.7. The predicted octanol–water partition coefficient (Wildman–Crippen LogP) is 5.45. The molecule has 5 nitrogen and oxygen atoms in total. The normalized spacial score (nSPS) is 13.8. The number of hydrogen-bond donors (Lipinski definition) is 1. The van der Waals surface area contributed by atoms with Crippen LogP contribution in [0.2, 0.25) is 0 Å². The summed E-state index contributed by atoms with van der Waals surface area (Å²) in [6, 6.07) is 31.5. The predicted molar refractivity (Wildman–Crippen MR) is 143 cm³/mol. The lowest BCUT2D eigenvalue weighted by molar-refractivity contribution is -0.126. The van der Waals surface area contributed by atoms with Crippen LogP contribution in [0.5, 0.6) is 0 Å². The highest BCUT2D eigenvalue weighted by Crippen LogP contribution is 2.21. The van der Waals surface area contributed by atoms with Crippen LogP contribution in [0, 0.1) is 0 Å². The SMILES string of the molecule is O=C(Nc1ccc(N2CCN(C(=O)/C=C/c3ccccc3)CC2)cc1)c1ccc2ccccc2c1. The number of fused-ring (bicyclic) bond motifs is 1. The van der Waals surface area contributed by atoms with Gasteiger partial charge in [-0.3, -0.25) is 9.59 Å². The fourth-order valence-electron chi connectivity index (χ4n) is 4.31. The summed E-state index contributed by atoms with van der Waals surface area (Å²) in [4.78, 5) is 29.4. The molecule has 5 rings (SSSR count). The Labute approximate surface area is 205 Å². The molecule has 0 saturated carbocycles. The minimum atomic E-state index is -0.126. The van der Waals surface area contributed by atoms with Crippen molar-refractivity contribution in [1.82, 2.24) is 4.90 Å². The molecule has 0 spiro atoms. The molecular formula is C30H27N3O2. The summed E-state index contributed by atoms with van der Waals surface area (Å²) in [5.41, 5.74) is 3.49. The number of hydrogen-bond acceptors (Lipinski definition) is 3. The highest BCUT2D eigenvalue weighted by molar-refractivity contribution is 6.06. The van der Waals surface area contributed by atoms with E-state index in [4.69, 9.17) is 0 Å². The second-order valence-corrected chi connectivity index (χ2v) is 8.62. The maximum absolute atomic E-state index is 12.7. The Bertz CT molecular complexity index is 1360. The van der Waals surface area contributed by atoms with Gasteiger partial charge in [0.1, 0.15) is 0 Å². The Morgan fingerprint density at radius 2 is 1.40 bits per heavy atom. The van der Waals surface area contributed by atoms with E-state index in [2.05, 4.69) is 10.2 Å². The minimum absolute atomic E-state index is 0.0419. The Hall–Kier alpha value is -4.38. The van der Waals surface area contributed by atoms with E-state index in [0.717, 1.165) is 40.8 Å². The Kier molecular flexibility index (Phi) is 6.57. The van der Waals surface area contributed by atoms with E-state index in [9.17, 15) is 9.59 Å². The zero-order chi connectivity index (χ0) is 24.0. The molecule has 1 aliphatic rings. The van der Waals surface area contributed by atoms with Crippen molar-refractivity contribution in [3.8, 4) is 0 Å². The van der Waals surface area contributed by atoms with Gasteiger partial charge in [-0.05, 0) is 58.8 Å². The first-order valence-corrected chi connectivity index (χ1v) is 11.8. The smallest absolute Gasteiger partial charge is 0.255 e. The van der Waals surface area contributed by atoms with Crippen molar-refractivity contribution in [1.29, 1.82) is 0 Å². The van der Waals surface area contributed by atoms with Gasteiger partial charge in [0, 0.05) is 49.2 Å². The zero-order valence-electron chi connectivity index (χ0n) is 19.4. The molecule has 1 N–H and O–H groups in total. The van der Waals surface area contributed by atoms with Crippen LogP contribution >= 0.6 is 0 Å². The maximum Gasteiger partial charge on any atom is 0.255 e. The quantitative estimate of drug-likeness (QED) is 0.402. The van der Waals surface area contributed by atoms with Crippen LogP contribution in [0.25, 0.3) is 16.8 Å². The van der Waals surface area contributed by atoms with Crippen LogP contribution in [0.15, 0.2) is 103 Å². The lowest BCUT2D eigenvalue weighted by Crippen LogP contribution is -2.48. The summed E-state index contributed by atoms with van der Waals surface area (Å²) in [6.07, 6.45) is 3.51. The molecule has 4 aromatic carbocycles. The Morgan fingerprint density at radius 1 is 0.714 bits per heavy atom. The third-order valence-electron chi connectivity index (χ3n) is 6.31. The molecular weight excluding hydrogens is 434 g/mol. The largest absolute Gasteiger partial charge is 0.368 e. The van der Waals surface area contributed by atoms with Crippen molar-refractivity contribution in [2.24, 2.45) is 0 Å². The molecule has 4 aromatic rings. The first kappa shape index (κ1) is 22.4. The van der Waals surface area contributed by atoms with E-state index >= 15 is 0 Å². The van der Waals surface area contributed by atoms with Gasteiger partial charge in [-0.1, -0.05) is 60.7 Å². The van der Waals surface area contributed by atoms with E-state index in [1.165, 1.54) is 0 Å². The third kappa shape index (κ3) is 5.41. The van der Waals surface area contributed by atoms with Gasteiger partial charge in [-0.2, -0.15) is 0 Å². The lowest BCUT2D eigenvalue weighted by atomic mass is 10.1. The third-order valence-corrected chi connectivity index (χ3v) is 6.31. The van der Waals surface area contributed by atoms with Crippen molar-refractivity contribution in [3.63, 3.8) is 0 Å². The number of nitrogens with one attached hydrogen (secondary N) is 1. The molecule has 35 heavy (non-hydrogen) atoms. The molecule has 1 saturated heterocycles. The van der Waals surface area contributed by atoms with Gasteiger partial charge in [-0.15, -0.1) is 0 Å². The summed E-state index contributed by atoms with van der Waals surface area (Å²) in [5, 5.41) is 5.14. The first-order valence-electron chi connectivity index (χ1n) is 11.8. The molecule has 0 unspecified atom stereocenters. The van der Waals surface area contributed by atoms with E-state index in [1.807, 2.05) is 108 Å². The number of anilines is 2. The molecule has 0 aromatic heterocycles. The number of carbonyl (C=O) groups is 2. The summed E-state index contributed by atoms with van der Waals surface area (Å²) in [7, 11) is 0. The number of benzene rings is 4. The lowest BCUT2D eigenvalue weighted by Gasteiger charge is -2.35. The van der Waals surface area contributed by atoms with Gasteiger partial charge in [0.2, 0.25) is 5.91 Å². The second-order valence-electron chi connectivity index (χ2n) is 8.62. The number of piperazine rings is 1.